The molecule has 1 heterocycles. The van der Waals surface area contributed by atoms with E-state index in [9.17, 15) is 0 Å². The number of rotatable bonds is 0. The van der Waals surface area contributed by atoms with Crippen LogP contribution in [0.2, 0.25) is 0 Å². The Morgan fingerprint density at radius 1 is 1.50 bits per heavy atom. The Labute approximate surface area is 59.3 Å². The largest absolute Gasteiger partial charge is 0.396 e. The number of hydrogen-bond donors (Lipinski definition) is 3. The van der Waals surface area contributed by atoms with Crippen LogP contribution in [0.15, 0.2) is 28.7 Å². The molecular weight excluding hydrogens is 128 g/mol. The summed E-state index contributed by atoms with van der Waals surface area (Å²) >= 11 is 0. The van der Waals surface area contributed by atoms with Crippen molar-refractivity contribution in [3.05, 3.63) is 23.7 Å². The molecule has 0 aromatic rings. The average molecular weight is 138 g/mol. The van der Waals surface area contributed by atoms with E-state index in [1.54, 1.807) is 6.92 Å². The summed E-state index contributed by atoms with van der Waals surface area (Å²) in [6, 6.07) is 0. The molecular formula is C6H10N4. The summed E-state index contributed by atoms with van der Waals surface area (Å²) in [5.41, 5.74) is 12.8. The van der Waals surface area contributed by atoms with Gasteiger partial charge in [0.15, 0.2) is 5.96 Å². The molecule has 0 saturated carbocycles. The highest BCUT2D eigenvalue weighted by molar-refractivity contribution is 5.83. The first-order valence-corrected chi connectivity index (χ1v) is 2.88. The Balaban J connectivity index is 3.03. The first kappa shape index (κ1) is 6.67. The molecule has 54 valence electrons. The number of guanidine groups is 1. The van der Waals surface area contributed by atoms with E-state index in [-0.39, 0.29) is 0 Å². The normalized spacial score (nSPS) is 18.5. The summed E-state index contributed by atoms with van der Waals surface area (Å²) in [4.78, 5) is 3.89. The highest BCUT2D eigenvalue weighted by Gasteiger charge is 2.08. The van der Waals surface area contributed by atoms with Crippen molar-refractivity contribution < 1.29 is 0 Å². The van der Waals surface area contributed by atoms with Gasteiger partial charge >= 0.3 is 0 Å². The van der Waals surface area contributed by atoms with Gasteiger partial charge in [-0.05, 0) is 6.92 Å². The van der Waals surface area contributed by atoms with Crippen LogP contribution in [-0.2, 0) is 0 Å². The third-order valence-electron chi connectivity index (χ3n) is 1.28. The Morgan fingerprint density at radius 2 is 2.10 bits per heavy atom. The van der Waals surface area contributed by atoms with Gasteiger partial charge in [-0.25, -0.2) is 4.99 Å². The summed E-state index contributed by atoms with van der Waals surface area (Å²) in [5.74, 6) is 0.344. The molecule has 0 unspecified atom stereocenters. The van der Waals surface area contributed by atoms with Gasteiger partial charge in [0.1, 0.15) is 0 Å². The number of nitrogens with one attached hydrogen (secondary N) is 1. The predicted molar refractivity (Wildman–Crippen MR) is 40.8 cm³/mol. The van der Waals surface area contributed by atoms with Gasteiger partial charge in [0.25, 0.3) is 0 Å². The van der Waals surface area contributed by atoms with E-state index in [0.29, 0.717) is 23.1 Å². The average Bonchev–Trinajstić information content (AvgIpc) is 1.82. The second kappa shape index (κ2) is 2.06. The first-order chi connectivity index (χ1) is 4.61. The number of hydrogen-bond acceptors (Lipinski definition) is 4. The number of nitrogens with two attached hydrogens (primary N) is 2. The summed E-state index contributed by atoms with van der Waals surface area (Å²) in [7, 11) is 0. The van der Waals surface area contributed by atoms with Crippen molar-refractivity contribution in [1.29, 1.82) is 0 Å². The molecule has 4 nitrogen and oxygen atoms in total. The van der Waals surface area contributed by atoms with Crippen LogP contribution in [0, 0.1) is 0 Å². The van der Waals surface area contributed by atoms with Gasteiger partial charge in [0.05, 0.1) is 17.1 Å². The molecule has 1 aliphatic heterocycles. The van der Waals surface area contributed by atoms with E-state index < -0.39 is 0 Å². The zero-order chi connectivity index (χ0) is 7.72. The van der Waals surface area contributed by atoms with E-state index in [2.05, 4.69) is 16.9 Å². The van der Waals surface area contributed by atoms with Gasteiger partial charge < -0.3 is 16.8 Å². The van der Waals surface area contributed by atoms with E-state index >= 15 is 0 Å². The molecule has 4 heteroatoms. The molecule has 0 atom stereocenters. The van der Waals surface area contributed by atoms with E-state index in [1.807, 2.05) is 0 Å². The molecule has 0 aromatic carbocycles. The zero-order valence-electron chi connectivity index (χ0n) is 5.81. The molecule has 0 saturated heterocycles. The third kappa shape index (κ3) is 0.953. The molecule has 0 bridgehead atoms. The molecule has 0 fully saturated rings. The van der Waals surface area contributed by atoms with Crippen molar-refractivity contribution in [2.75, 3.05) is 0 Å². The van der Waals surface area contributed by atoms with Crippen LogP contribution >= 0.6 is 0 Å². The Bertz CT molecular complexity index is 236. The molecule has 0 radical (unpaired) electrons. The maximum Gasteiger partial charge on any atom is 0.198 e. The SMILES string of the molecule is C=C1NC(N)=NC(C)=C1N. The Kier molecular flexibility index (Phi) is 1.37. The number of allylic oxidation sites excluding steroid dienone is 1. The van der Waals surface area contributed by atoms with Gasteiger partial charge in [0, 0.05) is 0 Å². The molecule has 1 rings (SSSR count). The van der Waals surface area contributed by atoms with E-state index in [4.69, 9.17) is 11.5 Å². The lowest BCUT2D eigenvalue weighted by Gasteiger charge is -2.15. The maximum atomic E-state index is 5.54. The van der Waals surface area contributed by atoms with Crippen molar-refractivity contribution in [3.63, 3.8) is 0 Å². The lowest BCUT2D eigenvalue weighted by Crippen LogP contribution is -2.35. The molecule has 1 aliphatic rings. The lowest BCUT2D eigenvalue weighted by atomic mass is 10.3. The lowest BCUT2D eigenvalue weighted by molar-refractivity contribution is 1.00. The van der Waals surface area contributed by atoms with Crippen molar-refractivity contribution in [1.82, 2.24) is 5.32 Å². The van der Waals surface area contributed by atoms with Gasteiger partial charge in [-0.3, -0.25) is 0 Å². The van der Waals surface area contributed by atoms with Crippen LogP contribution in [0.25, 0.3) is 0 Å². The Hall–Kier alpha value is -1.45. The van der Waals surface area contributed by atoms with Crippen LogP contribution in [-0.4, -0.2) is 5.96 Å². The second-order valence-corrected chi connectivity index (χ2v) is 2.10. The van der Waals surface area contributed by atoms with Crippen LogP contribution in [0.1, 0.15) is 6.92 Å². The molecule has 5 N–H and O–H groups in total. The highest BCUT2D eigenvalue weighted by Crippen LogP contribution is 2.09. The molecule has 0 spiro atoms. The smallest absolute Gasteiger partial charge is 0.198 e. The number of nitrogens with zero attached hydrogens (tertiary/aromatic N) is 1. The van der Waals surface area contributed by atoms with Gasteiger partial charge in [-0.15, -0.1) is 0 Å². The monoisotopic (exact) mass is 138 g/mol. The van der Waals surface area contributed by atoms with Crippen LogP contribution in [0.3, 0.4) is 0 Å². The summed E-state index contributed by atoms with van der Waals surface area (Å²) in [6.45, 7) is 5.43. The van der Waals surface area contributed by atoms with E-state index in [0.717, 1.165) is 0 Å². The fourth-order valence-electron chi connectivity index (χ4n) is 0.709. The van der Waals surface area contributed by atoms with Gasteiger partial charge in [-0.1, -0.05) is 6.58 Å². The number of aliphatic imine (C=N–C) groups is 1. The maximum absolute atomic E-state index is 5.54. The van der Waals surface area contributed by atoms with Crippen molar-refractivity contribution in [3.8, 4) is 0 Å². The fourth-order valence-corrected chi connectivity index (χ4v) is 0.709. The summed E-state index contributed by atoms with van der Waals surface area (Å²) < 4.78 is 0. The van der Waals surface area contributed by atoms with E-state index in [1.165, 1.54) is 0 Å². The third-order valence-corrected chi connectivity index (χ3v) is 1.28. The van der Waals surface area contributed by atoms with Crippen molar-refractivity contribution >= 4 is 5.96 Å². The van der Waals surface area contributed by atoms with Crippen molar-refractivity contribution in [2.24, 2.45) is 16.5 Å². The summed E-state index contributed by atoms with van der Waals surface area (Å²) in [5, 5.41) is 2.71. The minimum atomic E-state index is 0.344. The van der Waals surface area contributed by atoms with Crippen LogP contribution in [0.5, 0.6) is 0 Å². The van der Waals surface area contributed by atoms with Crippen LogP contribution in [0.4, 0.5) is 0 Å². The zero-order valence-corrected chi connectivity index (χ0v) is 5.81. The minimum Gasteiger partial charge on any atom is -0.396 e. The van der Waals surface area contributed by atoms with Gasteiger partial charge in [0.2, 0.25) is 0 Å². The molecule has 0 amide bonds. The predicted octanol–water partition coefficient (Wildman–Crippen LogP) is -0.392. The van der Waals surface area contributed by atoms with Crippen molar-refractivity contribution in [2.45, 2.75) is 6.92 Å². The first-order valence-electron chi connectivity index (χ1n) is 2.88. The standard InChI is InChI=1S/C6H10N4/c1-3-5(7)4(2)10-6(8)9-3/h1,7H2,2H3,(H3,8,9,10). The summed E-state index contributed by atoms with van der Waals surface area (Å²) in [6.07, 6.45) is 0. The molecule has 0 aliphatic carbocycles. The second-order valence-electron chi connectivity index (χ2n) is 2.10. The minimum absolute atomic E-state index is 0.344. The molecule has 0 aromatic heterocycles. The fraction of sp³-hybridized carbons (Fsp3) is 0.167. The van der Waals surface area contributed by atoms with Crippen LogP contribution < -0.4 is 16.8 Å². The quantitative estimate of drug-likeness (QED) is 0.426. The topological polar surface area (TPSA) is 76.4 Å². The molecule has 10 heavy (non-hydrogen) atoms. The highest BCUT2D eigenvalue weighted by atomic mass is 15.1. The van der Waals surface area contributed by atoms with Gasteiger partial charge in [-0.2, -0.15) is 0 Å². The Morgan fingerprint density at radius 3 is 2.60 bits per heavy atom.